The number of benzene rings is 1. The molecule has 0 radical (unpaired) electrons. The molecule has 1 amide bonds. The number of aromatic nitrogens is 2. The fourth-order valence-electron chi connectivity index (χ4n) is 2.32. The Morgan fingerprint density at radius 3 is 2.85 bits per heavy atom. The number of halogens is 2. The highest BCUT2D eigenvalue weighted by Crippen LogP contribution is 2.24. The van der Waals surface area contributed by atoms with E-state index >= 15 is 0 Å². The minimum atomic E-state index is -1.05. The van der Waals surface area contributed by atoms with Crippen LogP contribution in [0.3, 0.4) is 0 Å². The maximum atomic E-state index is 13.3. The van der Waals surface area contributed by atoms with E-state index in [9.17, 15) is 18.7 Å². The number of amides is 1. The summed E-state index contributed by atoms with van der Waals surface area (Å²) in [6.45, 7) is 1.24. The third-order valence-electron chi connectivity index (χ3n) is 3.75. The lowest BCUT2D eigenvalue weighted by molar-refractivity contribution is 0.0939. The van der Waals surface area contributed by atoms with Crippen molar-refractivity contribution < 1.29 is 27.9 Å². The number of hydrogen-bond donors (Lipinski definition) is 2. The lowest BCUT2D eigenvalue weighted by Gasteiger charge is -2.10. The third kappa shape index (κ3) is 4.09. The zero-order chi connectivity index (χ0) is 19.4. The van der Waals surface area contributed by atoms with Crippen LogP contribution in [0.4, 0.5) is 8.78 Å². The van der Waals surface area contributed by atoms with Crippen molar-refractivity contribution in [2.45, 2.75) is 20.1 Å². The van der Waals surface area contributed by atoms with Gasteiger partial charge in [-0.3, -0.25) is 4.79 Å². The second-order valence-corrected chi connectivity index (χ2v) is 5.55. The van der Waals surface area contributed by atoms with Gasteiger partial charge in [0, 0.05) is 24.4 Å². The molecule has 0 aliphatic rings. The summed E-state index contributed by atoms with van der Waals surface area (Å²) in [6, 6.07) is 6.40. The lowest BCUT2D eigenvalue weighted by Crippen LogP contribution is -2.24. The van der Waals surface area contributed by atoms with Gasteiger partial charge in [-0.05, 0) is 25.1 Å². The Hall–Kier alpha value is -3.33. The summed E-state index contributed by atoms with van der Waals surface area (Å²) in [7, 11) is 0. The van der Waals surface area contributed by atoms with E-state index in [0.717, 1.165) is 12.1 Å². The summed E-state index contributed by atoms with van der Waals surface area (Å²) in [6.07, 6.45) is 1.46. The zero-order valence-electron chi connectivity index (χ0n) is 14.2. The molecule has 140 valence electrons. The van der Waals surface area contributed by atoms with Gasteiger partial charge in [0.05, 0.1) is 12.2 Å². The Labute approximate surface area is 152 Å². The Morgan fingerprint density at radius 1 is 1.30 bits per heavy atom. The van der Waals surface area contributed by atoms with Crippen molar-refractivity contribution in [3.63, 3.8) is 0 Å². The number of aliphatic hydroxyl groups is 1. The van der Waals surface area contributed by atoms with Crippen molar-refractivity contribution in [1.29, 1.82) is 0 Å². The molecule has 0 saturated heterocycles. The topological polar surface area (TPSA) is 97.5 Å². The Bertz CT molecular complexity index is 975. The molecular formula is C18H15F2N3O4. The number of rotatable bonds is 6. The molecule has 0 aliphatic heterocycles. The number of nitrogens with one attached hydrogen (secondary N) is 1. The van der Waals surface area contributed by atoms with Crippen LogP contribution in [0.5, 0.6) is 11.6 Å². The van der Waals surface area contributed by atoms with Gasteiger partial charge in [0.2, 0.25) is 5.88 Å². The summed E-state index contributed by atoms with van der Waals surface area (Å²) < 4.78 is 36.8. The molecule has 1 aromatic carbocycles. The molecule has 0 fully saturated rings. The molecule has 27 heavy (non-hydrogen) atoms. The van der Waals surface area contributed by atoms with Gasteiger partial charge in [-0.2, -0.15) is 0 Å². The number of hydrogen-bond acceptors (Lipinski definition) is 6. The van der Waals surface area contributed by atoms with Gasteiger partial charge in [0.1, 0.15) is 11.5 Å². The molecule has 0 aliphatic carbocycles. The molecule has 0 unspecified atom stereocenters. The molecule has 3 aromatic rings. The van der Waals surface area contributed by atoms with Crippen molar-refractivity contribution in [3.05, 3.63) is 70.7 Å². The monoisotopic (exact) mass is 375 g/mol. The van der Waals surface area contributed by atoms with Crippen LogP contribution in [-0.4, -0.2) is 21.2 Å². The highest BCUT2D eigenvalue weighted by Gasteiger charge is 2.19. The highest BCUT2D eigenvalue weighted by atomic mass is 19.2. The number of ether oxygens (including phenoxy) is 1. The van der Waals surface area contributed by atoms with Crippen LogP contribution >= 0.6 is 0 Å². The van der Waals surface area contributed by atoms with E-state index in [1.165, 1.54) is 12.3 Å². The van der Waals surface area contributed by atoms with Gasteiger partial charge in [-0.25, -0.2) is 13.8 Å². The second-order valence-electron chi connectivity index (χ2n) is 5.55. The highest BCUT2D eigenvalue weighted by molar-refractivity contribution is 5.93. The zero-order valence-corrected chi connectivity index (χ0v) is 14.2. The number of carbonyl (C=O) groups excluding carboxylic acids is 1. The van der Waals surface area contributed by atoms with Crippen molar-refractivity contribution in [1.82, 2.24) is 15.5 Å². The Kier molecular flexibility index (Phi) is 5.41. The van der Waals surface area contributed by atoms with E-state index in [2.05, 4.69) is 15.5 Å². The minimum Gasteiger partial charge on any atom is -0.439 e. The predicted octanol–water partition coefficient (Wildman–Crippen LogP) is 2.87. The standard InChI is InChI=1S/C18H15F2N3O4/c1-10-13(9-24)16(23-27-10)17(25)22-8-11-3-2-6-21-18(11)26-12-4-5-14(19)15(20)7-12/h2-7,24H,8-9H2,1H3,(H,22,25). The van der Waals surface area contributed by atoms with E-state index in [1.807, 2.05) is 0 Å². The molecule has 0 saturated carbocycles. The molecule has 2 heterocycles. The number of aryl methyl sites for hydroxylation is 1. The summed E-state index contributed by atoms with van der Waals surface area (Å²) in [4.78, 5) is 16.3. The number of nitrogens with zero attached hydrogens (tertiary/aromatic N) is 2. The van der Waals surface area contributed by atoms with Gasteiger partial charge in [0.25, 0.3) is 5.91 Å². The number of carbonyl (C=O) groups is 1. The van der Waals surface area contributed by atoms with Crippen molar-refractivity contribution in [3.8, 4) is 11.6 Å². The first kappa shape index (κ1) is 18.5. The van der Waals surface area contributed by atoms with Crippen LogP contribution in [0.2, 0.25) is 0 Å². The van der Waals surface area contributed by atoms with Gasteiger partial charge in [-0.15, -0.1) is 0 Å². The molecular weight excluding hydrogens is 360 g/mol. The van der Waals surface area contributed by atoms with Crippen LogP contribution in [0.1, 0.15) is 27.4 Å². The smallest absolute Gasteiger partial charge is 0.274 e. The molecule has 7 nitrogen and oxygen atoms in total. The van der Waals surface area contributed by atoms with Crippen LogP contribution in [0.25, 0.3) is 0 Å². The predicted molar refractivity (Wildman–Crippen MR) is 89.0 cm³/mol. The third-order valence-corrected chi connectivity index (χ3v) is 3.75. The fourth-order valence-corrected chi connectivity index (χ4v) is 2.32. The van der Waals surface area contributed by atoms with E-state index in [-0.39, 0.29) is 30.5 Å². The molecule has 3 rings (SSSR count). The number of aliphatic hydroxyl groups excluding tert-OH is 1. The van der Waals surface area contributed by atoms with Crippen LogP contribution in [0.15, 0.2) is 41.1 Å². The van der Waals surface area contributed by atoms with Crippen LogP contribution in [0, 0.1) is 18.6 Å². The average Bonchev–Trinajstić information content (AvgIpc) is 3.04. The molecule has 0 bridgehead atoms. The van der Waals surface area contributed by atoms with Crippen molar-refractivity contribution >= 4 is 5.91 Å². The van der Waals surface area contributed by atoms with E-state index in [1.54, 1.807) is 19.1 Å². The summed E-state index contributed by atoms with van der Waals surface area (Å²) in [5, 5.41) is 15.6. The Morgan fingerprint density at radius 2 is 2.11 bits per heavy atom. The lowest BCUT2D eigenvalue weighted by atomic mass is 10.2. The SMILES string of the molecule is Cc1onc(C(=O)NCc2cccnc2Oc2ccc(F)c(F)c2)c1CO. The first-order chi connectivity index (χ1) is 13.0. The van der Waals surface area contributed by atoms with Crippen LogP contribution < -0.4 is 10.1 Å². The fraction of sp³-hybridized carbons (Fsp3) is 0.167. The minimum absolute atomic E-state index is 0.0121. The van der Waals surface area contributed by atoms with Gasteiger partial charge >= 0.3 is 0 Å². The van der Waals surface area contributed by atoms with Crippen LogP contribution in [-0.2, 0) is 13.2 Å². The average molecular weight is 375 g/mol. The summed E-state index contributed by atoms with van der Waals surface area (Å²) in [5.74, 6) is -2.03. The van der Waals surface area contributed by atoms with E-state index in [4.69, 9.17) is 9.26 Å². The van der Waals surface area contributed by atoms with Gasteiger partial charge in [0.15, 0.2) is 17.3 Å². The normalized spacial score (nSPS) is 10.7. The first-order valence-electron chi connectivity index (χ1n) is 7.90. The molecule has 9 heteroatoms. The molecule has 0 atom stereocenters. The van der Waals surface area contributed by atoms with E-state index in [0.29, 0.717) is 16.9 Å². The summed E-state index contributed by atoms with van der Waals surface area (Å²) >= 11 is 0. The summed E-state index contributed by atoms with van der Waals surface area (Å²) in [5.41, 5.74) is 0.792. The molecule has 2 aromatic heterocycles. The van der Waals surface area contributed by atoms with Crippen molar-refractivity contribution in [2.75, 3.05) is 0 Å². The quantitative estimate of drug-likeness (QED) is 0.688. The Balaban J connectivity index is 1.74. The van der Waals surface area contributed by atoms with Gasteiger partial charge in [-0.1, -0.05) is 11.2 Å². The van der Waals surface area contributed by atoms with Crippen molar-refractivity contribution in [2.24, 2.45) is 0 Å². The maximum Gasteiger partial charge on any atom is 0.274 e. The molecule has 0 spiro atoms. The van der Waals surface area contributed by atoms with Gasteiger partial charge < -0.3 is 19.7 Å². The van der Waals surface area contributed by atoms with E-state index < -0.39 is 17.5 Å². The number of pyridine rings is 1. The maximum absolute atomic E-state index is 13.3. The molecule has 2 N–H and O–H groups in total. The first-order valence-corrected chi connectivity index (χ1v) is 7.90. The second kappa shape index (κ2) is 7.92. The largest absolute Gasteiger partial charge is 0.439 e.